The zero-order chi connectivity index (χ0) is 29.4. The molecule has 0 radical (unpaired) electrons. The number of amides is 1. The smallest absolute Gasteiger partial charge is 0.250 e. The lowest BCUT2D eigenvalue weighted by molar-refractivity contribution is -0.130. The summed E-state index contributed by atoms with van der Waals surface area (Å²) in [6, 6.07) is 14.1. The van der Waals surface area contributed by atoms with Crippen LogP contribution < -0.4 is 15.4 Å². The first-order valence-corrected chi connectivity index (χ1v) is 14.7. The molecular weight excluding hydrogens is 508 g/mol. The van der Waals surface area contributed by atoms with E-state index in [4.69, 9.17) is 16.3 Å². The van der Waals surface area contributed by atoms with Gasteiger partial charge in [-0.1, -0.05) is 80.5 Å². The van der Waals surface area contributed by atoms with E-state index in [1.54, 1.807) is 26.8 Å². The van der Waals surface area contributed by atoms with Gasteiger partial charge in [0.25, 0.3) is 0 Å². The molecule has 0 aliphatic heterocycles. The van der Waals surface area contributed by atoms with Crippen LogP contribution in [0, 0.1) is 5.41 Å². The molecule has 2 aromatic carbocycles. The van der Waals surface area contributed by atoms with Crippen LogP contribution in [0.3, 0.4) is 0 Å². The first-order valence-electron chi connectivity index (χ1n) is 14.2. The molecule has 0 aliphatic rings. The molecule has 216 valence electrons. The molecule has 0 aromatic heterocycles. The highest BCUT2D eigenvalue weighted by Gasteiger charge is 2.33. The van der Waals surface area contributed by atoms with Gasteiger partial charge in [-0.25, -0.2) is 0 Å². The van der Waals surface area contributed by atoms with Crippen LogP contribution in [-0.4, -0.2) is 30.2 Å². The summed E-state index contributed by atoms with van der Waals surface area (Å²) < 4.78 is 6.29. The minimum absolute atomic E-state index is 0.0423. The van der Waals surface area contributed by atoms with Gasteiger partial charge >= 0.3 is 0 Å². The van der Waals surface area contributed by atoms with Gasteiger partial charge in [-0.3, -0.25) is 9.59 Å². The summed E-state index contributed by atoms with van der Waals surface area (Å²) in [7, 11) is 0. The molecule has 2 rings (SSSR count). The summed E-state index contributed by atoms with van der Waals surface area (Å²) in [5.74, 6) is 0.170. The van der Waals surface area contributed by atoms with Gasteiger partial charge in [0, 0.05) is 28.9 Å². The van der Waals surface area contributed by atoms with Crippen LogP contribution >= 0.6 is 11.6 Å². The third-order valence-corrected chi connectivity index (χ3v) is 8.14. The van der Waals surface area contributed by atoms with Gasteiger partial charge < -0.3 is 15.4 Å². The number of ketones is 1. The zero-order valence-corrected chi connectivity index (χ0v) is 26.2. The summed E-state index contributed by atoms with van der Waals surface area (Å²) in [6.07, 6.45) is 3.99. The summed E-state index contributed by atoms with van der Waals surface area (Å²) in [6.45, 7) is 20.3. The summed E-state index contributed by atoms with van der Waals surface area (Å²) in [5, 5.41) is 4.93. The fraction of sp³-hybridized carbons (Fsp3) is 0.576. The number of ether oxygens (including phenoxy) is 1. The molecule has 2 aromatic rings. The van der Waals surface area contributed by atoms with E-state index in [1.807, 2.05) is 18.2 Å². The molecule has 1 atom stereocenters. The predicted octanol–water partition coefficient (Wildman–Crippen LogP) is 8.49. The van der Waals surface area contributed by atoms with Crippen LogP contribution in [0.25, 0.3) is 0 Å². The minimum atomic E-state index is -1.22. The number of halogens is 1. The maximum atomic E-state index is 12.5. The topological polar surface area (TPSA) is 67.4 Å². The molecule has 0 bridgehead atoms. The number of hydrogen-bond acceptors (Lipinski definition) is 4. The Morgan fingerprint density at radius 1 is 0.872 bits per heavy atom. The Kier molecular flexibility index (Phi) is 11.5. The fourth-order valence-electron chi connectivity index (χ4n) is 4.05. The highest BCUT2D eigenvalue weighted by Crippen LogP contribution is 2.38. The number of Topliss-reactive ketones (excluding diaryl/α,β-unsaturated/α-hetero) is 1. The number of unbranched alkanes of at least 4 members (excludes halogenated alkanes) is 1. The van der Waals surface area contributed by atoms with Crippen molar-refractivity contribution >= 4 is 34.7 Å². The number of hydrogen-bond donors (Lipinski definition) is 2. The van der Waals surface area contributed by atoms with Crippen molar-refractivity contribution in [2.75, 3.05) is 23.8 Å². The number of carbonyl (C=O) groups is 2. The number of benzene rings is 2. The van der Waals surface area contributed by atoms with Gasteiger partial charge in [0.15, 0.2) is 11.2 Å². The molecule has 0 saturated carbocycles. The molecule has 2 N–H and O–H groups in total. The maximum absolute atomic E-state index is 12.5. The molecule has 0 heterocycles. The van der Waals surface area contributed by atoms with Gasteiger partial charge in [-0.2, -0.15) is 0 Å². The number of carbonyl (C=O) groups excluding carboxylic acids is 2. The third kappa shape index (κ3) is 9.27. The van der Waals surface area contributed by atoms with E-state index < -0.39 is 16.7 Å². The lowest BCUT2D eigenvalue weighted by Gasteiger charge is -2.30. The van der Waals surface area contributed by atoms with Crippen LogP contribution in [0.2, 0.25) is 0 Å². The quantitative estimate of drug-likeness (QED) is 0.139. The maximum Gasteiger partial charge on any atom is 0.250 e. The molecule has 0 saturated heterocycles. The number of anilines is 2. The Hall–Kier alpha value is -2.53. The standard InChI is InChI=1S/C33H49ClN2O3/c1-10-32(6,7)23-17-18-27(26(21-23)33(8,9)11-2)39-20-13-12-19-35-24-15-14-16-25(22-24)36-30(38)28(34)29(37)31(3,4)5/h14-18,21-22,28,35H,10-13,19-20H2,1-9H3,(H,36,38). The summed E-state index contributed by atoms with van der Waals surface area (Å²) in [4.78, 5) is 24.8. The Bertz CT molecular complexity index is 1120. The van der Waals surface area contributed by atoms with E-state index in [0.717, 1.165) is 43.7 Å². The molecule has 39 heavy (non-hydrogen) atoms. The molecular formula is C33H49ClN2O3. The highest BCUT2D eigenvalue weighted by atomic mass is 35.5. The van der Waals surface area contributed by atoms with Crippen molar-refractivity contribution in [2.45, 2.75) is 104 Å². The van der Waals surface area contributed by atoms with Gasteiger partial charge in [0.05, 0.1) is 6.61 Å². The summed E-state index contributed by atoms with van der Waals surface area (Å²) in [5.41, 5.74) is 3.63. The van der Waals surface area contributed by atoms with Crippen molar-refractivity contribution in [3.05, 3.63) is 53.6 Å². The summed E-state index contributed by atoms with van der Waals surface area (Å²) >= 11 is 6.12. The van der Waals surface area contributed by atoms with Gasteiger partial charge in [0.2, 0.25) is 5.91 Å². The molecule has 1 amide bonds. The first kappa shape index (κ1) is 32.7. The Morgan fingerprint density at radius 2 is 1.51 bits per heavy atom. The molecule has 5 nitrogen and oxygen atoms in total. The van der Waals surface area contributed by atoms with Crippen molar-refractivity contribution in [3.8, 4) is 5.75 Å². The fourth-order valence-corrected chi connectivity index (χ4v) is 4.44. The molecule has 6 heteroatoms. The second kappa shape index (κ2) is 13.7. The second-order valence-electron chi connectivity index (χ2n) is 12.7. The number of nitrogens with one attached hydrogen (secondary N) is 2. The van der Waals surface area contributed by atoms with Crippen LogP contribution in [0.1, 0.15) is 99.1 Å². The van der Waals surface area contributed by atoms with Gasteiger partial charge in [0.1, 0.15) is 5.75 Å². The third-order valence-electron chi connectivity index (χ3n) is 7.75. The average Bonchev–Trinajstić information content (AvgIpc) is 2.89. The van der Waals surface area contributed by atoms with E-state index >= 15 is 0 Å². The van der Waals surface area contributed by atoms with E-state index in [1.165, 1.54) is 11.1 Å². The van der Waals surface area contributed by atoms with Crippen molar-refractivity contribution < 1.29 is 14.3 Å². The Balaban J connectivity index is 1.90. The minimum Gasteiger partial charge on any atom is -0.493 e. The SMILES string of the molecule is CCC(C)(C)c1ccc(OCCCCNc2cccc(NC(=O)C(Cl)C(=O)C(C)(C)C)c2)c(C(C)(C)CC)c1. The Morgan fingerprint density at radius 3 is 2.13 bits per heavy atom. The number of alkyl halides is 1. The van der Waals surface area contributed by atoms with Crippen molar-refractivity contribution in [3.63, 3.8) is 0 Å². The van der Waals surface area contributed by atoms with Crippen LogP contribution in [0.15, 0.2) is 42.5 Å². The molecule has 0 aliphatic carbocycles. The highest BCUT2D eigenvalue weighted by molar-refractivity contribution is 6.43. The van der Waals surface area contributed by atoms with Crippen LogP contribution in [0.4, 0.5) is 11.4 Å². The average molecular weight is 557 g/mol. The second-order valence-corrected chi connectivity index (χ2v) is 13.2. The monoisotopic (exact) mass is 556 g/mol. The van der Waals surface area contributed by atoms with E-state index in [2.05, 4.69) is 70.4 Å². The lowest BCUT2D eigenvalue weighted by Crippen LogP contribution is -2.37. The van der Waals surface area contributed by atoms with E-state index in [0.29, 0.717) is 12.3 Å². The molecule has 0 fully saturated rings. The number of rotatable bonds is 14. The normalized spacial score (nSPS) is 13.1. The molecule has 1 unspecified atom stereocenters. The predicted molar refractivity (Wildman–Crippen MR) is 165 cm³/mol. The van der Waals surface area contributed by atoms with Gasteiger partial charge in [-0.15, -0.1) is 11.6 Å². The van der Waals surface area contributed by atoms with Crippen molar-refractivity contribution in [2.24, 2.45) is 5.41 Å². The Labute approximate surface area is 241 Å². The lowest BCUT2D eigenvalue weighted by atomic mass is 9.76. The van der Waals surface area contributed by atoms with Crippen LogP contribution in [-0.2, 0) is 20.4 Å². The van der Waals surface area contributed by atoms with Crippen LogP contribution in [0.5, 0.6) is 5.75 Å². The van der Waals surface area contributed by atoms with E-state index in [9.17, 15) is 9.59 Å². The zero-order valence-electron chi connectivity index (χ0n) is 25.5. The van der Waals surface area contributed by atoms with Gasteiger partial charge in [-0.05, 0) is 66.3 Å². The van der Waals surface area contributed by atoms with Crippen molar-refractivity contribution in [1.82, 2.24) is 0 Å². The largest absolute Gasteiger partial charge is 0.493 e. The first-order chi connectivity index (χ1) is 18.1. The molecule has 0 spiro atoms. The van der Waals surface area contributed by atoms with Crippen molar-refractivity contribution in [1.29, 1.82) is 0 Å². The van der Waals surface area contributed by atoms with E-state index in [-0.39, 0.29) is 16.6 Å².